The maximum Gasteiger partial charge on any atom is 0.289 e. The summed E-state index contributed by atoms with van der Waals surface area (Å²) in [4.78, 5) is 29.0. The van der Waals surface area contributed by atoms with E-state index in [1.165, 1.54) is 6.26 Å². The fourth-order valence-corrected chi connectivity index (χ4v) is 3.90. The van der Waals surface area contributed by atoms with Crippen LogP contribution in [0, 0.1) is 0 Å². The zero-order valence-corrected chi connectivity index (χ0v) is 14.2. The summed E-state index contributed by atoms with van der Waals surface area (Å²) in [5.74, 6) is 0.349. The summed E-state index contributed by atoms with van der Waals surface area (Å²) >= 11 is 4.98. The van der Waals surface area contributed by atoms with Crippen LogP contribution in [0.2, 0.25) is 0 Å². The number of hydrogen-bond acceptors (Lipinski definition) is 4. The molecule has 5 nitrogen and oxygen atoms in total. The molecule has 0 atom stereocenters. The van der Waals surface area contributed by atoms with Gasteiger partial charge in [-0.25, -0.2) is 0 Å². The van der Waals surface area contributed by atoms with Crippen molar-refractivity contribution in [2.75, 3.05) is 26.2 Å². The van der Waals surface area contributed by atoms with Gasteiger partial charge in [-0.1, -0.05) is 0 Å². The van der Waals surface area contributed by atoms with Crippen LogP contribution in [-0.2, 0) is 11.2 Å². The smallest absolute Gasteiger partial charge is 0.289 e. The maximum atomic E-state index is 12.3. The van der Waals surface area contributed by atoms with Gasteiger partial charge in [0.1, 0.15) is 0 Å². The molecule has 0 radical (unpaired) electrons. The van der Waals surface area contributed by atoms with Crippen molar-refractivity contribution in [1.82, 2.24) is 9.80 Å². The van der Waals surface area contributed by atoms with Gasteiger partial charge in [0.15, 0.2) is 5.76 Å². The Balaban J connectivity index is 1.53. The van der Waals surface area contributed by atoms with E-state index in [-0.39, 0.29) is 11.8 Å². The first-order valence-electron chi connectivity index (χ1n) is 6.98. The Hall–Kier alpha value is -1.60. The van der Waals surface area contributed by atoms with E-state index in [4.69, 9.17) is 4.42 Å². The predicted molar refractivity (Wildman–Crippen MR) is 86.9 cm³/mol. The van der Waals surface area contributed by atoms with Gasteiger partial charge in [0.25, 0.3) is 5.91 Å². The van der Waals surface area contributed by atoms with E-state index in [2.05, 4.69) is 15.9 Å². The molecule has 2 aromatic rings. The van der Waals surface area contributed by atoms with E-state index in [1.807, 2.05) is 17.0 Å². The Bertz CT molecular complexity index is 660. The zero-order valence-electron chi connectivity index (χ0n) is 11.8. The molecule has 1 fully saturated rings. The number of hydrogen-bond donors (Lipinski definition) is 0. The van der Waals surface area contributed by atoms with Crippen molar-refractivity contribution < 1.29 is 14.0 Å². The van der Waals surface area contributed by atoms with Crippen LogP contribution in [0.25, 0.3) is 0 Å². The van der Waals surface area contributed by atoms with Gasteiger partial charge in [0.05, 0.1) is 16.5 Å². The molecule has 116 valence electrons. The van der Waals surface area contributed by atoms with Crippen LogP contribution < -0.4 is 0 Å². The second-order valence-corrected chi connectivity index (χ2v) is 7.58. The van der Waals surface area contributed by atoms with Crippen LogP contribution in [0.4, 0.5) is 0 Å². The number of furan rings is 1. The third-order valence-corrected chi connectivity index (χ3v) is 5.23. The summed E-state index contributed by atoms with van der Waals surface area (Å²) in [6, 6.07) is 7.28. The Morgan fingerprint density at radius 1 is 1.14 bits per heavy atom. The second-order valence-electron chi connectivity index (χ2n) is 5.03. The average molecular weight is 383 g/mol. The van der Waals surface area contributed by atoms with Gasteiger partial charge in [-0.2, -0.15) is 0 Å². The minimum absolute atomic E-state index is 0.111. The zero-order chi connectivity index (χ0) is 15.5. The number of piperazine rings is 1. The highest BCUT2D eigenvalue weighted by Gasteiger charge is 2.26. The largest absolute Gasteiger partial charge is 0.459 e. The van der Waals surface area contributed by atoms with E-state index >= 15 is 0 Å². The summed E-state index contributed by atoms with van der Waals surface area (Å²) in [6.45, 7) is 2.22. The molecule has 3 rings (SSSR count). The van der Waals surface area contributed by atoms with Crippen LogP contribution >= 0.6 is 27.3 Å². The van der Waals surface area contributed by atoms with Crippen molar-refractivity contribution in [2.45, 2.75) is 6.42 Å². The molecule has 1 aliphatic rings. The average Bonchev–Trinajstić information content (AvgIpc) is 3.18. The SMILES string of the molecule is O=C(Cc1ccc(Br)s1)N1CCN(C(=O)c2ccco2)CC1. The number of carbonyl (C=O) groups is 2. The third kappa shape index (κ3) is 3.41. The van der Waals surface area contributed by atoms with Crippen molar-refractivity contribution in [3.05, 3.63) is 45.0 Å². The number of rotatable bonds is 3. The van der Waals surface area contributed by atoms with Crippen molar-refractivity contribution >= 4 is 39.1 Å². The van der Waals surface area contributed by atoms with Gasteiger partial charge in [-0.05, 0) is 40.2 Å². The quantitative estimate of drug-likeness (QED) is 0.819. The van der Waals surface area contributed by atoms with Gasteiger partial charge in [0.2, 0.25) is 5.91 Å². The Morgan fingerprint density at radius 3 is 2.45 bits per heavy atom. The van der Waals surface area contributed by atoms with Gasteiger partial charge in [0, 0.05) is 31.1 Å². The molecule has 0 N–H and O–H groups in total. The maximum absolute atomic E-state index is 12.3. The fraction of sp³-hybridized carbons (Fsp3) is 0.333. The molecule has 2 amide bonds. The Labute approximate surface area is 140 Å². The lowest BCUT2D eigenvalue weighted by atomic mass is 10.2. The minimum Gasteiger partial charge on any atom is -0.459 e. The van der Waals surface area contributed by atoms with E-state index in [0.29, 0.717) is 38.4 Å². The molecular formula is C15H15BrN2O3S. The van der Waals surface area contributed by atoms with Crippen LogP contribution in [0.1, 0.15) is 15.4 Å². The predicted octanol–water partition coefficient (Wildman–Crippen LogP) is 2.63. The molecule has 1 saturated heterocycles. The topological polar surface area (TPSA) is 53.8 Å². The lowest BCUT2D eigenvalue weighted by Gasteiger charge is -2.34. The Morgan fingerprint density at radius 2 is 1.86 bits per heavy atom. The molecule has 1 aliphatic heterocycles. The standard InChI is InChI=1S/C15H15BrN2O3S/c16-13-4-3-11(22-13)10-14(19)17-5-7-18(8-6-17)15(20)12-2-1-9-21-12/h1-4,9H,5-8,10H2. The summed E-state index contributed by atoms with van der Waals surface area (Å²) < 4.78 is 6.16. The highest BCUT2D eigenvalue weighted by atomic mass is 79.9. The van der Waals surface area contributed by atoms with Crippen LogP contribution in [0.5, 0.6) is 0 Å². The van der Waals surface area contributed by atoms with Gasteiger partial charge < -0.3 is 14.2 Å². The van der Waals surface area contributed by atoms with Crippen molar-refractivity contribution in [1.29, 1.82) is 0 Å². The molecule has 0 unspecified atom stereocenters. The van der Waals surface area contributed by atoms with Crippen LogP contribution in [0.3, 0.4) is 0 Å². The summed E-state index contributed by atoms with van der Waals surface area (Å²) in [5, 5.41) is 0. The molecule has 0 bridgehead atoms. The van der Waals surface area contributed by atoms with Crippen LogP contribution in [-0.4, -0.2) is 47.8 Å². The third-order valence-electron chi connectivity index (χ3n) is 3.61. The number of thiophene rings is 1. The molecule has 2 aromatic heterocycles. The lowest BCUT2D eigenvalue weighted by Crippen LogP contribution is -2.50. The van der Waals surface area contributed by atoms with E-state index < -0.39 is 0 Å². The molecule has 3 heterocycles. The molecule has 0 saturated carbocycles. The monoisotopic (exact) mass is 382 g/mol. The minimum atomic E-state index is -0.112. The van der Waals surface area contributed by atoms with E-state index in [0.717, 1.165) is 8.66 Å². The lowest BCUT2D eigenvalue weighted by molar-refractivity contribution is -0.131. The highest BCUT2D eigenvalue weighted by molar-refractivity contribution is 9.11. The number of nitrogens with zero attached hydrogens (tertiary/aromatic N) is 2. The second kappa shape index (κ2) is 6.66. The van der Waals surface area contributed by atoms with E-state index in [1.54, 1.807) is 28.4 Å². The Kier molecular flexibility index (Phi) is 4.63. The van der Waals surface area contributed by atoms with Gasteiger partial charge in [-0.15, -0.1) is 11.3 Å². The van der Waals surface area contributed by atoms with Crippen molar-refractivity contribution in [3.63, 3.8) is 0 Å². The molecular weight excluding hydrogens is 368 g/mol. The summed E-state index contributed by atoms with van der Waals surface area (Å²) in [5.41, 5.74) is 0. The van der Waals surface area contributed by atoms with E-state index in [9.17, 15) is 9.59 Å². The number of halogens is 1. The molecule has 7 heteroatoms. The van der Waals surface area contributed by atoms with Gasteiger partial charge in [-0.3, -0.25) is 9.59 Å². The summed E-state index contributed by atoms with van der Waals surface area (Å²) in [6.07, 6.45) is 1.91. The molecule has 0 aliphatic carbocycles. The van der Waals surface area contributed by atoms with Gasteiger partial charge >= 0.3 is 0 Å². The fourth-order valence-electron chi connectivity index (χ4n) is 2.42. The highest BCUT2D eigenvalue weighted by Crippen LogP contribution is 2.23. The molecule has 0 spiro atoms. The first kappa shape index (κ1) is 15.3. The first-order valence-corrected chi connectivity index (χ1v) is 8.59. The van der Waals surface area contributed by atoms with Crippen molar-refractivity contribution in [2.24, 2.45) is 0 Å². The number of amides is 2. The molecule has 22 heavy (non-hydrogen) atoms. The van der Waals surface area contributed by atoms with Crippen LogP contribution in [0.15, 0.2) is 38.7 Å². The van der Waals surface area contributed by atoms with Crippen molar-refractivity contribution in [3.8, 4) is 0 Å². The normalized spacial score (nSPS) is 15.1. The first-order chi connectivity index (χ1) is 10.6. The molecule has 0 aromatic carbocycles. The summed E-state index contributed by atoms with van der Waals surface area (Å²) in [7, 11) is 0. The number of carbonyl (C=O) groups excluding carboxylic acids is 2.